The third-order valence-electron chi connectivity index (χ3n) is 8.41. The van der Waals surface area contributed by atoms with Crippen LogP contribution in [0.1, 0.15) is 69.0 Å². The predicted molar refractivity (Wildman–Crippen MR) is 131 cm³/mol. The Morgan fingerprint density at radius 1 is 1.03 bits per heavy atom. The molecule has 2 bridgehead atoms. The third kappa shape index (κ3) is 3.91. The van der Waals surface area contributed by atoms with E-state index in [-0.39, 0.29) is 11.2 Å². The van der Waals surface area contributed by atoms with Gasteiger partial charge in [0.1, 0.15) is 11.3 Å². The molecule has 2 aromatic heterocycles. The van der Waals surface area contributed by atoms with Gasteiger partial charge in [-0.05, 0) is 80.7 Å². The fraction of sp³-hybridized carbons (Fsp3) is 0.464. The molecule has 180 valence electrons. The molecule has 1 N–H and O–H groups in total. The minimum absolute atomic E-state index is 0.0892. The Morgan fingerprint density at radius 2 is 1.97 bits per heavy atom. The maximum absolute atomic E-state index is 13.5. The SMILES string of the molecule is Fc1ccc2oc(-c3cccc(NCC4CCC5(c6nc(C7CC7)no6)CCCC4C5)c3)nc2c1. The van der Waals surface area contributed by atoms with Crippen molar-refractivity contribution < 1.29 is 13.3 Å². The van der Waals surface area contributed by atoms with Crippen LogP contribution >= 0.6 is 0 Å². The molecular weight excluding hydrogens is 443 g/mol. The second kappa shape index (κ2) is 8.18. The summed E-state index contributed by atoms with van der Waals surface area (Å²) in [5, 5.41) is 7.98. The summed E-state index contributed by atoms with van der Waals surface area (Å²) in [6, 6.07) is 12.5. The molecule has 4 aromatic rings. The van der Waals surface area contributed by atoms with Gasteiger partial charge in [0.05, 0.1) is 0 Å². The number of halogens is 1. The van der Waals surface area contributed by atoms with E-state index in [9.17, 15) is 4.39 Å². The quantitative estimate of drug-likeness (QED) is 0.331. The largest absolute Gasteiger partial charge is 0.436 e. The summed E-state index contributed by atoms with van der Waals surface area (Å²) >= 11 is 0. The highest BCUT2D eigenvalue weighted by molar-refractivity contribution is 5.76. The fourth-order valence-corrected chi connectivity index (χ4v) is 6.30. The molecule has 3 saturated carbocycles. The molecule has 3 unspecified atom stereocenters. The van der Waals surface area contributed by atoms with Crippen molar-refractivity contribution in [3.8, 4) is 11.5 Å². The van der Waals surface area contributed by atoms with E-state index >= 15 is 0 Å². The molecule has 7 heteroatoms. The summed E-state index contributed by atoms with van der Waals surface area (Å²) in [6.45, 7) is 0.945. The van der Waals surface area contributed by atoms with Crippen molar-refractivity contribution in [2.45, 2.75) is 62.7 Å². The zero-order valence-corrected chi connectivity index (χ0v) is 19.7. The molecule has 3 atom stereocenters. The number of aromatic nitrogens is 3. The molecule has 7 rings (SSSR count). The smallest absolute Gasteiger partial charge is 0.232 e. The molecular formula is C28H29FN4O2. The van der Waals surface area contributed by atoms with Crippen molar-refractivity contribution in [1.29, 1.82) is 0 Å². The fourth-order valence-electron chi connectivity index (χ4n) is 6.30. The standard InChI is InChI=1S/C28H29FN4O2/c29-21-8-9-24-23(14-21)31-26(34-24)18-3-1-5-22(13-18)30-16-20-10-12-28(11-2-4-19(20)15-28)27-32-25(33-35-27)17-6-7-17/h1,3,5,8-9,13-14,17,19-20,30H,2,4,6-7,10-12,15-16H2. The van der Waals surface area contributed by atoms with Gasteiger partial charge in [0.2, 0.25) is 11.8 Å². The highest BCUT2D eigenvalue weighted by atomic mass is 19.1. The van der Waals surface area contributed by atoms with E-state index in [0.717, 1.165) is 42.4 Å². The van der Waals surface area contributed by atoms with Gasteiger partial charge in [-0.3, -0.25) is 0 Å². The molecule has 6 nitrogen and oxygen atoms in total. The van der Waals surface area contributed by atoms with Crippen LogP contribution in [0.2, 0.25) is 0 Å². The summed E-state index contributed by atoms with van der Waals surface area (Å²) in [5.41, 5.74) is 3.15. The van der Waals surface area contributed by atoms with Crippen LogP contribution in [0.15, 0.2) is 51.4 Å². The first-order valence-electron chi connectivity index (χ1n) is 12.9. The van der Waals surface area contributed by atoms with Gasteiger partial charge in [0.25, 0.3) is 0 Å². The number of nitrogens with zero attached hydrogens (tertiary/aromatic N) is 3. The molecule has 2 heterocycles. The van der Waals surface area contributed by atoms with E-state index in [1.54, 1.807) is 6.07 Å². The second-order valence-corrected chi connectivity index (χ2v) is 10.8. The number of hydrogen-bond acceptors (Lipinski definition) is 6. The lowest BCUT2D eigenvalue weighted by Gasteiger charge is -2.46. The molecule has 0 spiro atoms. The molecule has 2 aromatic carbocycles. The van der Waals surface area contributed by atoms with Crippen LogP contribution in [0.4, 0.5) is 10.1 Å². The van der Waals surface area contributed by atoms with E-state index in [0.29, 0.717) is 34.7 Å². The Bertz CT molecular complexity index is 1380. The van der Waals surface area contributed by atoms with Gasteiger partial charge in [-0.2, -0.15) is 4.98 Å². The van der Waals surface area contributed by atoms with Crippen LogP contribution < -0.4 is 5.32 Å². The Hall–Kier alpha value is -3.22. The van der Waals surface area contributed by atoms with E-state index in [1.807, 2.05) is 12.1 Å². The highest BCUT2D eigenvalue weighted by Gasteiger charge is 2.48. The third-order valence-corrected chi connectivity index (χ3v) is 8.41. The first-order chi connectivity index (χ1) is 17.1. The lowest BCUT2D eigenvalue weighted by molar-refractivity contribution is 0.0732. The van der Waals surface area contributed by atoms with Gasteiger partial charge in [0.15, 0.2) is 11.4 Å². The summed E-state index contributed by atoms with van der Waals surface area (Å²) in [7, 11) is 0. The van der Waals surface area contributed by atoms with E-state index in [2.05, 4.69) is 27.6 Å². The van der Waals surface area contributed by atoms with Crippen LogP contribution in [-0.2, 0) is 5.41 Å². The summed E-state index contributed by atoms with van der Waals surface area (Å²) in [4.78, 5) is 9.33. The van der Waals surface area contributed by atoms with Crippen molar-refractivity contribution in [1.82, 2.24) is 15.1 Å². The van der Waals surface area contributed by atoms with Crippen LogP contribution in [0, 0.1) is 17.7 Å². The monoisotopic (exact) mass is 472 g/mol. The number of oxazole rings is 1. The van der Waals surface area contributed by atoms with Gasteiger partial charge in [-0.1, -0.05) is 24.1 Å². The van der Waals surface area contributed by atoms with Gasteiger partial charge >= 0.3 is 0 Å². The van der Waals surface area contributed by atoms with Crippen LogP contribution in [0.5, 0.6) is 0 Å². The molecule has 3 fully saturated rings. The van der Waals surface area contributed by atoms with Gasteiger partial charge in [-0.15, -0.1) is 0 Å². The molecule has 3 aliphatic carbocycles. The minimum Gasteiger partial charge on any atom is -0.436 e. The summed E-state index contributed by atoms with van der Waals surface area (Å²) < 4.78 is 25.2. The minimum atomic E-state index is -0.311. The predicted octanol–water partition coefficient (Wildman–Crippen LogP) is 6.84. The van der Waals surface area contributed by atoms with Crippen molar-refractivity contribution in [3.63, 3.8) is 0 Å². The van der Waals surface area contributed by atoms with Crippen LogP contribution in [0.3, 0.4) is 0 Å². The first kappa shape index (κ1) is 21.1. The molecule has 3 aliphatic rings. The maximum Gasteiger partial charge on any atom is 0.232 e. The Morgan fingerprint density at radius 3 is 2.89 bits per heavy atom. The van der Waals surface area contributed by atoms with Crippen molar-refractivity contribution in [3.05, 3.63) is 60.0 Å². The van der Waals surface area contributed by atoms with Crippen molar-refractivity contribution in [2.24, 2.45) is 11.8 Å². The maximum atomic E-state index is 13.5. The lowest BCUT2D eigenvalue weighted by Crippen LogP contribution is -2.42. The number of benzene rings is 2. The average Bonchev–Trinajstić information content (AvgIpc) is 3.44. The summed E-state index contributed by atoms with van der Waals surface area (Å²) in [6.07, 6.45) is 9.55. The molecule has 0 saturated heterocycles. The van der Waals surface area contributed by atoms with Gasteiger partial charge < -0.3 is 14.3 Å². The summed E-state index contributed by atoms with van der Waals surface area (Å²) in [5.74, 6) is 3.88. The Labute approximate surface area is 203 Å². The number of hydrogen-bond donors (Lipinski definition) is 1. The normalized spacial score (nSPS) is 26.2. The van der Waals surface area contributed by atoms with Gasteiger partial charge in [0, 0.05) is 35.2 Å². The number of rotatable bonds is 6. The van der Waals surface area contributed by atoms with Gasteiger partial charge in [-0.25, -0.2) is 9.37 Å². The Kier molecular flexibility index (Phi) is 4.93. The topological polar surface area (TPSA) is 77.0 Å². The lowest BCUT2D eigenvalue weighted by atomic mass is 9.58. The van der Waals surface area contributed by atoms with E-state index < -0.39 is 0 Å². The number of nitrogens with one attached hydrogen (secondary N) is 1. The number of fused-ring (bicyclic) bond motifs is 3. The van der Waals surface area contributed by atoms with Crippen molar-refractivity contribution >= 4 is 16.8 Å². The Balaban J connectivity index is 1.04. The zero-order chi connectivity index (χ0) is 23.4. The first-order valence-corrected chi connectivity index (χ1v) is 12.9. The van der Waals surface area contributed by atoms with E-state index in [4.69, 9.17) is 13.9 Å². The van der Waals surface area contributed by atoms with Crippen LogP contribution in [-0.4, -0.2) is 21.7 Å². The van der Waals surface area contributed by atoms with Crippen LogP contribution in [0.25, 0.3) is 22.6 Å². The second-order valence-electron chi connectivity index (χ2n) is 10.8. The molecule has 0 amide bonds. The zero-order valence-electron chi connectivity index (χ0n) is 19.7. The van der Waals surface area contributed by atoms with E-state index in [1.165, 1.54) is 50.7 Å². The number of anilines is 1. The highest BCUT2D eigenvalue weighted by Crippen LogP contribution is 2.52. The van der Waals surface area contributed by atoms with Crippen molar-refractivity contribution in [2.75, 3.05) is 11.9 Å². The molecule has 35 heavy (non-hydrogen) atoms. The molecule has 0 aliphatic heterocycles. The average molecular weight is 473 g/mol. The molecule has 0 radical (unpaired) electrons.